The fraction of sp³-hybridized carbons (Fsp3) is 0.800. The Morgan fingerprint density at radius 1 is 0.882 bits per heavy atom. The lowest BCUT2D eigenvalue weighted by Gasteiger charge is -2.00. The molecule has 0 aromatic heterocycles. The largest absolute Gasteiger partial charge is 0.481 e. The number of hydrogen-bond acceptors (Lipinski definition) is 1. The van der Waals surface area contributed by atoms with Crippen LogP contribution in [0.4, 0.5) is 0 Å². The monoisotopic (exact) mass is 238 g/mol. The molecule has 0 unspecified atom stereocenters. The minimum atomic E-state index is -0.829. The summed E-state index contributed by atoms with van der Waals surface area (Å²) >= 11 is 0. The molecule has 17 heavy (non-hydrogen) atoms. The average Bonchev–Trinajstić information content (AvgIpc) is 2.30. The second-order valence-electron chi connectivity index (χ2n) is 4.50. The summed E-state index contributed by atoms with van der Waals surface area (Å²) in [6.45, 7) is 2.24. The highest BCUT2D eigenvalue weighted by molar-refractivity contribution is 5.69. The van der Waals surface area contributed by atoms with E-state index in [0.717, 1.165) is 12.8 Å². The van der Waals surface area contributed by atoms with Gasteiger partial charge in [0.05, 0.1) is 0 Å². The van der Waals surface area contributed by atoms with Gasteiger partial charge in [-0.05, 0) is 6.42 Å². The molecule has 0 bridgehead atoms. The second-order valence-corrected chi connectivity index (χ2v) is 4.50. The molecule has 0 aromatic carbocycles. The molecule has 0 amide bonds. The van der Waals surface area contributed by atoms with Crippen molar-refractivity contribution in [2.24, 2.45) is 0 Å². The van der Waals surface area contributed by atoms with Gasteiger partial charge in [-0.25, -0.2) is 0 Å². The van der Waals surface area contributed by atoms with Crippen molar-refractivity contribution in [1.82, 2.24) is 0 Å². The first kappa shape index (κ1) is 16.0. The molecule has 2 heteroatoms. The number of unbranched alkanes of at least 4 members (excludes halogenated alkanes) is 9. The number of carbonyl (C=O) groups is 1. The van der Waals surface area contributed by atoms with Crippen LogP contribution in [0.1, 0.15) is 77.6 Å². The van der Waals surface area contributed by atoms with Crippen LogP contribution >= 0.6 is 0 Å². The van der Waals surface area contributed by atoms with Crippen molar-refractivity contribution in [2.45, 2.75) is 77.6 Å². The fourth-order valence-corrected chi connectivity index (χ4v) is 1.75. The van der Waals surface area contributed by atoms with Crippen molar-refractivity contribution in [2.75, 3.05) is 0 Å². The molecule has 0 rings (SSSR count). The molecular weight excluding hydrogens is 212 g/mol. The van der Waals surface area contributed by atoms with Crippen LogP contribution in [0.3, 0.4) is 0 Å². The Labute approximate surface area is 106 Å². The maximum absolute atomic E-state index is 10.2. The van der Waals surface area contributed by atoms with E-state index in [-0.39, 0.29) is 6.42 Å². The molecule has 0 aliphatic carbocycles. The normalized spacial score (nSPS) is 9.71. The number of carboxylic acids is 1. The maximum Gasteiger partial charge on any atom is 0.315 e. The Hall–Kier alpha value is -0.970. The van der Waals surface area contributed by atoms with Crippen LogP contribution in [-0.2, 0) is 4.79 Å². The van der Waals surface area contributed by atoms with Crippen LogP contribution in [0.5, 0.6) is 0 Å². The molecule has 0 aliphatic rings. The summed E-state index contributed by atoms with van der Waals surface area (Å²) in [7, 11) is 0. The van der Waals surface area contributed by atoms with Crippen LogP contribution in [0, 0.1) is 11.8 Å². The third-order valence-electron chi connectivity index (χ3n) is 2.77. The minimum Gasteiger partial charge on any atom is -0.481 e. The summed E-state index contributed by atoms with van der Waals surface area (Å²) in [5.74, 6) is 4.74. The highest BCUT2D eigenvalue weighted by Crippen LogP contribution is 2.10. The molecule has 0 fully saturated rings. The second kappa shape index (κ2) is 13.1. The predicted octanol–water partition coefficient (Wildman–Crippen LogP) is 4.39. The number of rotatable bonds is 10. The van der Waals surface area contributed by atoms with Gasteiger partial charge in [0.15, 0.2) is 0 Å². The van der Waals surface area contributed by atoms with E-state index in [1.165, 1.54) is 51.4 Å². The molecule has 0 saturated carbocycles. The molecule has 0 atom stereocenters. The topological polar surface area (TPSA) is 37.3 Å². The van der Waals surface area contributed by atoms with Gasteiger partial charge in [-0.3, -0.25) is 4.79 Å². The van der Waals surface area contributed by atoms with Crippen LogP contribution in [0.15, 0.2) is 0 Å². The van der Waals surface area contributed by atoms with Crippen LogP contribution in [-0.4, -0.2) is 11.1 Å². The molecule has 98 valence electrons. The van der Waals surface area contributed by atoms with Gasteiger partial charge in [0.25, 0.3) is 0 Å². The molecular formula is C15H26O2. The summed E-state index contributed by atoms with van der Waals surface area (Å²) in [4.78, 5) is 10.2. The molecule has 0 heterocycles. The van der Waals surface area contributed by atoms with Gasteiger partial charge in [0, 0.05) is 6.42 Å². The van der Waals surface area contributed by atoms with E-state index in [9.17, 15) is 4.79 Å². The van der Waals surface area contributed by atoms with E-state index < -0.39 is 5.97 Å². The fourth-order valence-electron chi connectivity index (χ4n) is 1.75. The molecule has 1 N–H and O–H groups in total. The van der Waals surface area contributed by atoms with Gasteiger partial charge in [-0.15, -0.1) is 5.92 Å². The first-order valence-electron chi connectivity index (χ1n) is 6.95. The summed E-state index contributed by atoms with van der Waals surface area (Å²) < 4.78 is 0. The predicted molar refractivity (Wildman–Crippen MR) is 71.9 cm³/mol. The highest BCUT2D eigenvalue weighted by Gasteiger charge is 1.91. The van der Waals surface area contributed by atoms with Crippen LogP contribution in [0.2, 0.25) is 0 Å². The van der Waals surface area contributed by atoms with E-state index in [2.05, 4.69) is 18.8 Å². The zero-order valence-corrected chi connectivity index (χ0v) is 11.1. The molecule has 0 spiro atoms. The molecule has 0 aliphatic heterocycles. The SMILES string of the molecule is CCCCCCCCCCCC#CCC(=O)O. The van der Waals surface area contributed by atoms with Crippen molar-refractivity contribution in [3.05, 3.63) is 0 Å². The lowest BCUT2D eigenvalue weighted by Crippen LogP contribution is -1.90. The third kappa shape index (κ3) is 15.0. The van der Waals surface area contributed by atoms with E-state index in [1.54, 1.807) is 0 Å². The quantitative estimate of drug-likeness (QED) is 0.453. The molecule has 0 saturated heterocycles. The van der Waals surface area contributed by atoms with Gasteiger partial charge < -0.3 is 5.11 Å². The van der Waals surface area contributed by atoms with Gasteiger partial charge >= 0.3 is 5.97 Å². The summed E-state index contributed by atoms with van der Waals surface area (Å²) in [6.07, 6.45) is 12.6. The summed E-state index contributed by atoms with van der Waals surface area (Å²) in [5.41, 5.74) is 0. The zero-order valence-electron chi connectivity index (χ0n) is 11.1. The van der Waals surface area contributed by atoms with E-state index in [1.807, 2.05) is 0 Å². The Morgan fingerprint density at radius 3 is 1.94 bits per heavy atom. The minimum absolute atomic E-state index is 0.0164. The van der Waals surface area contributed by atoms with Gasteiger partial charge in [0.2, 0.25) is 0 Å². The standard InChI is InChI=1S/C15H26O2/c1-2-3-4-5-6-7-8-9-10-11-12-13-14-15(16)17/h2-11,14H2,1H3,(H,16,17). The smallest absolute Gasteiger partial charge is 0.315 e. The zero-order chi connectivity index (χ0) is 12.8. The van der Waals surface area contributed by atoms with Gasteiger partial charge in [-0.1, -0.05) is 64.2 Å². The molecule has 2 nitrogen and oxygen atoms in total. The first-order chi connectivity index (χ1) is 8.27. The van der Waals surface area contributed by atoms with Crippen molar-refractivity contribution < 1.29 is 9.90 Å². The third-order valence-corrected chi connectivity index (χ3v) is 2.77. The highest BCUT2D eigenvalue weighted by atomic mass is 16.4. The molecule has 0 radical (unpaired) electrons. The maximum atomic E-state index is 10.2. The first-order valence-corrected chi connectivity index (χ1v) is 6.95. The van der Waals surface area contributed by atoms with E-state index in [4.69, 9.17) is 5.11 Å². The average molecular weight is 238 g/mol. The lowest BCUT2D eigenvalue weighted by atomic mass is 10.1. The van der Waals surface area contributed by atoms with Crippen LogP contribution in [0.25, 0.3) is 0 Å². The Kier molecular flexibility index (Phi) is 12.3. The molecule has 0 aromatic rings. The number of aliphatic carboxylic acids is 1. The van der Waals surface area contributed by atoms with Crippen molar-refractivity contribution >= 4 is 5.97 Å². The Balaban J connectivity index is 3.07. The van der Waals surface area contributed by atoms with E-state index in [0.29, 0.717) is 0 Å². The lowest BCUT2D eigenvalue weighted by molar-refractivity contribution is -0.135. The Morgan fingerprint density at radius 2 is 1.41 bits per heavy atom. The summed E-state index contributed by atoms with van der Waals surface area (Å²) in [6, 6.07) is 0. The van der Waals surface area contributed by atoms with Crippen LogP contribution < -0.4 is 0 Å². The van der Waals surface area contributed by atoms with Gasteiger partial charge in [0.1, 0.15) is 6.42 Å². The number of hydrogen-bond donors (Lipinski definition) is 1. The van der Waals surface area contributed by atoms with Gasteiger partial charge in [-0.2, -0.15) is 0 Å². The van der Waals surface area contributed by atoms with Crippen molar-refractivity contribution in [1.29, 1.82) is 0 Å². The van der Waals surface area contributed by atoms with E-state index >= 15 is 0 Å². The number of carboxylic acid groups (broad SMARTS) is 1. The Bertz CT molecular complexity index is 235. The van der Waals surface area contributed by atoms with Crippen molar-refractivity contribution in [3.8, 4) is 11.8 Å². The van der Waals surface area contributed by atoms with Crippen molar-refractivity contribution in [3.63, 3.8) is 0 Å². The summed E-state index contributed by atoms with van der Waals surface area (Å²) in [5, 5.41) is 8.37.